The summed E-state index contributed by atoms with van der Waals surface area (Å²) < 4.78 is 2.05. The molecule has 0 fully saturated rings. The van der Waals surface area contributed by atoms with Crippen molar-refractivity contribution in [1.82, 2.24) is 24.5 Å². The topological polar surface area (TPSA) is 88.5 Å². The summed E-state index contributed by atoms with van der Waals surface area (Å²) in [5.74, 6) is 0.153. The molecular formula is C22H16N6O. The molecule has 7 heteroatoms. The highest BCUT2D eigenvalue weighted by Crippen LogP contribution is 2.24. The van der Waals surface area contributed by atoms with Gasteiger partial charge in [-0.25, -0.2) is 15.0 Å². The number of hydrogen-bond donors (Lipinski definition) is 2. The molecule has 0 atom stereocenters. The number of aromatic amines is 1. The Morgan fingerprint density at radius 2 is 1.69 bits per heavy atom. The van der Waals surface area contributed by atoms with E-state index in [1.54, 1.807) is 6.07 Å². The Hall–Kier alpha value is -4.26. The highest BCUT2D eigenvalue weighted by atomic mass is 16.1. The minimum atomic E-state index is -0.247. The summed E-state index contributed by atoms with van der Waals surface area (Å²) in [6.45, 7) is 0. The van der Waals surface area contributed by atoms with E-state index in [0.717, 1.165) is 16.8 Å². The highest BCUT2D eigenvalue weighted by molar-refractivity contribution is 6.07. The van der Waals surface area contributed by atoms with Gasteiger partial charge in [0.2, 0.25) is 0 Å². The number of nitrogens with one attached hydrogen (secondary N) is 2. The molecule has 0 unspecified atom stereocenters. The number of aromatic nitrogens is 5. The predicted octanol–water partition coefficient (Wildman–Crippen LogP) is 4.06. The van der Waals surface area contributed by atoms with Crippen LogP contribution in [0, 0.1) is 0 Å². The first-order valence-corrected chi connectivity index (χ1v) is 9.07. The molecule has 0 aliphatic carbocycles. The van der Waals surface area contributed by atoms with E-state index in [0.29, 0.717) is 22.5 Å². The number of fused-ring (bicyclic) bond motifs is 1. The zero-order valence-corrected chi connectivity index (χ0v) is 15.3. The molecule has 140 valence electrons. The van der Waals surface area contributed by atoms with Crippen LogP contribution >= 0.6 is 0 Å². The summed E-state index contributed by atoms with van der Waals surface area (Å²) >= 11 is 0. The molecule has 1 amide bonds. The summed E-state index contributed by atoms with van der Waals surface area (Å²) in [5.41, 5.74) is 4.69. The Morgan fingerprint density at radius 1 is 0.897 bits per heavy atom. The Morgan fingerprint density at radius 3 is 2.55 bits per heavy atom. The monoisotopic (exact) mass is 380 g/mol. The van der Waals surface area contributed by atoms with Gasteiger partial charge in [0.1, 0.15) is 11.8 Å². The summed E-state index contributed by atoms with van der Waals surface area (Å²) in [6, 6.07) is 19.7. The van der Waals surface area contributed by atoms with Crippen molar-refractivity contribution in [2.75, 3.05) is 5.32 Å². The van der Waals surface area contributed by atoms with Crippen molar-refractivity contribution in [3.8, 4) is 16.8 Å². The number of H-pyrrole nitrogens is 1. The van der Waals surface area contributed by atoms with E-state index in [-0.39, 0.29) is 5.91 Å². The third-order valence-corrected chi connectivity index (χ3v) is 4.66. The molecule has 5 aromatic rings. The lowest BCUT2D eigenvalue weighted by molar-refractivity contribution is 0.102. The molecule has 3 aromatic heterocycles. The van der Waals surface area contributed by atoms with Crippen LogP contribution in [-0.2, 0) is 0 Å². The van der Waals surface area contributed by atoms with E-state index >= 15 is 0 Å². The molecule has 5 rings (SSSR count). The predicted molar refractivity (Wildman–Crippen MR) is 111 cm³/mol. The van der Waals surface area contributed by atoms with Crippen LogP contribution in [0.4, 0.5) is 5.82 Å². The smallest absolute Gasteiger partial charge is 0.256 e. The molecule has 0 aliphatic heterocycles. The lowest BCUT2D eigenvalue weighted by Gasteiger charge is -2.09. The van der Waals surface area contributed by atoms with Crippen LogP contribution in [0.15, 0.2) is 85.7 Å². The van der Waals surface area contributed by atoms with Crippen LogP contribution in [0.2, 0.25) is 0 Å². The number of amides is 1. The van der Waals surface area contributed by atoms with E-state index in [1.165, 1.54) is 12.7 Å². The van der Waals surface area contributed by atoms with Gasteiger partial charge in [0.05, 0.1) is 6.33 Å². The average Bonchev–Trinajstić information content (AvgIpc) is 3.46. The molecule has 0 aliphatic rings. The van der Waals surface area contributed by atoms with Gasteiger partial charge in [-0.1, -0.05) is 24.3 Å². The second kappa shape index (κ2) is 7.05. The van der Waals surface area contributed by atoms with Gasteiger partial charge >= 0.3 is 0 Å². The van der Waals surface area contributed by atoms with Crippen LogP contribution in [0.1, 0.15) is 10.4 Å². The lowest BCUT2D eigenvalue weighted by Crippen LogP contribution is -2.13. The number of nitrogens with zero attached hydrogens (tertiary/aromatic N) is 4. The van der Waals surface area contributed by atoms with E-state index in [2.05, 4.69) is 31.3 Å². The van der Waals surface area contributed by atoms with E-state index in [1.807, 2.05) is 65.5 Å². The minimum absolute atomic E-state index is 0.247. The van der Waals surface area contributed by atoms with Gasteiger partial charge in [-0.2, -0.15) is 0 Å². The first-order chi connectivity index (χ1) is 14.3. The largest absolute Gasteiger partial charge is 0.340 e. The molecule has 2 N–H and O–H groups in total. The number of benzene rings is 2. The zero-order valence-electron chi connectivity index (χ0n) is 15.3. The number of imidazole rings is 1. The number of anilines is 1. The standard InChI is InChI=1S/C22H16N6O/c29-22(27-21-19-20(24-13-23-19)25-14-26-21)17-7-3-5-15(11-17)16-6-4-8-18(12-16)28-9-1-2-10-28/h1-14H,(H2,23,24,25,26,27,29). The van der Waals surface area contributed by atoms with Gasteiger partial charge in [0, 0.05) is 23.6 Å². The van der Waals surface area contributed by atoms with Gasteiger partial charge in [-0.05, 0) is 47.5 Å². The number of carbonyl (C=O) groups excluding carboxylic acids is 1. The Kier molecular flexibility index (Phi) is 4.10. The summed E-state index contributed by atoms with van der Waals surface area (Å²) in [5, 5.41) is 2.83. The third-order valence-electron chi connectivity index (χ3n) is 4.66. The summed E-state index contributed by atoms with van der Waals surface area (Å²) in [6.07, 6.45) is 6.90. The van der Waals surface area contributed by atoms with Crippen LogP contribution < -0.4 is 5.32 Å². The van der Waals surface area contributed by atoms with Crippen LogP contribution in [-0.4, -0.2) is 30.4 Å². The fourth-order valence-electron chi connectivity index (χ4n) is 3.23. The maximum Gasteiger partial charge on any atom is 0.256 e. The van der Waals surface area contributed by atoms with Crippen molar-refractivity contribution in [2.24, 2.45) is 0 Å². The van der Waals surface area contributed by atoms with Crippen LogP contribution in [0.3, 0.4) is 0 Å². The highest BCUT2D eigenvalue weighted by Gasteiger charge is 2.12. The normalized spacial score (nSPS) is 10.9. The van der Waals surface area contributed by atoms with E-state index < -0.39 is 0 Å². The van der Waals surface area contributed by atoms with Crippen molar-refractivity contribution < 1.29 is 4.79 Å². The third kappa shape index (κ3) is 3.25. The lowest BCUT2D eigenvalue weighted by atomic mass is 10.0. The molecule has 0 spiro atoms. The molecule has 0 saturated heterocycles. The summed E-state index contributed by atoms with van der Waals surface area (Å²) in [4.78, 5) is 28.0. The van der Waals surface area contributed by atoms with Crippen molar-refractivity contribution in [1.29, 1.82) is 0 Å². The minimum Gasteiger partial charge on any atom is -0.340 e. The van der Waals surface area contributed by atoms with Gasteiger partial charge in [0.25, 0.3) is 5.91 Å². The van der Waals surface area contributed by atoms with E-state index in [4.69, 9.17) is 0 Å². The first-order valence-electron chi connectivity index (χ1n) is 9.07. The second-order valence-electron chi connectivity index (χ2n) is 6.50. The Balaban J connectivity index is 1.45. The van der Waals surface area contributed by atoms with Crippen molar-refractivity contribution in [3.05, 3.63) is 91.3 Å². The van der Waals surface area contributed by atoms with Crippen LogP contribution in [0.25, 0.3) is 28.0 Å². The van der Waals surface area contributed by atoms with Crippen molar-refractivity contribution in [3.63, 3.8) is 0 Å². The average molecular weight is 380 g/mol. The SMILES string of the molecule is O=C(Nc1ncnc2nc[nH]c12)c1cccc(-c2cccc(-n3cccc3)c2)c1. The molecule has 29 heavy (non-hydrogen) atoms. The van der Waals surface area contributed by atoms with Crippen LogP contribution in [0.5, 0.6) is 0 Å². The molecule has 0 saturated carbocycles. The number of carbonyl (C=O) groups is 1. The van der Waals surface area contributed by atoms with E-state index in [9.17, 15) is 4.79 Å². The molecular weight excluding hydrogens is 364 g/mol. The zero-order chi connectivity index (χ0) is 19.6. The molecule has 3 heterocycles. The Bertz CT molecular complexity index is 1310. The molecule has 2 aromatic carbocycles. The first kappa shape index (κ1) is 16.9. The second-order valence-corrected chi connectivity index (χ2v) is 6.50. The summed E-state index contributed by atoms with van der Waals surface area (Å²) in [7, 11) is 0. The molecule has 0 radical (unpaired) electrons. The van der Waals surface area contributed by atoms with Gasteiger partial charge in [-0.3, -0.25) is 4.79 Å². The van der Waals surface area contributed by atoms with Gasteiger partial charge < -0.3 is 14.9 Å². The fraction of sp³-hybridized carbons (Fsp3) is 0. The molecule has 7 nitrogen and oxygen atoms in total. The number of rotatable bonds is 4. The van der Waals surface area contributed by atoms with Gasteiger partial charge in [0.15, 0.2) is 11.5 Å². The van der Waals surface area contributed by atoms with Crippen molar-refractivity contribution >= 4 is 22.9 Å². The molecule has 0 bridgehead atoms. The quantitative estimate of drug-likeness (QED) is 0.492. The van der Waals surface area contributed by atoms with Crippen molar-refractivity contribution in [2.45, 2.75) is 0 Å². The number of hydrogen-bond acceptors (Lipinski definition) is 4. The fourth-order valence-corrected chi connectivity index (χ4v) is 3.23. The Labute approximate surface area is 166 Å². The van der Waals surface area contributed by atoms with Gasteiger partial charge in [-0.15, -0.1) is 0 Å². The maximum absolute atomic E-state index is 12.8. The maximum atomic E-state index is 12.8.